The highest BCUT2D eigenvalue weighted by atomic mass is 16.5. The summed E-state index contributed by atoms with van der Waals surface area (Å²) in [6.45, 7) is 5.05. The van der Waals surface area contributed by atoms with Crippen LogP contribution < -0.4 is 10.1 Å². The molecule has 3 atom stereocenters. The topological polar surface area (TPSA) is 47.6 Å². The third-order valence-corrected chi connectivity index (χ3v) is 3.93. The normalized spacial score (nSPS) is 23.4. The van der Waals surface area contributed by atoms with Crippen molar-refractivity contribution in [2.75, 3.05) is 13.7 Å². The van der Waals surface area contributed by atoms with Crippen LogP contribution in [0.2, 0.25) is 0 Å². The Kier molecular flexibility index (Phi) is 5.01. The van der Waals surface area contributed by atoms with Crippen molar-refractivity contribution in [2.24, 2.45) is 0 Å². The highest BCUT2D eigenvalue weighted by molar-refractivity contribution is 5.76. The van der Waals surface area contributed by atoms with Crippen LogP contribution in [-0.2, 0) is 9.53 Å². The Morgan fingerprint density at radius 3 is 2.90 bits per heavy atom. The van der Waals surface area contributed by atoms with E-state index in [0.29, 0.717) is 18.9 Å². The summed E-state index contributed by atoms with van der Waals surface area (Å²) in [5, 5.41) is 3.14. The summed E-state index contributed by atoms with van der Waals surface area (Å²) >= 11 is 0. The molecule has 1 N–H and O–H groups in total. The van der Waals surface area contributed by atoms with Crippen LogP contribution in [-0.4, -0.2) is 31.8 Å². The van der Waals surface area contributed by atoms with Crippen LogP contribution in [0.3, 0.4) is 0 Å². The zero-order valence-electron chi connectivity index (χ0n) is 12.4. The molecule has 110 valence electrons. The third kappa shape index (κ3) is 3.31. The van der Waals surface area contributed by atoms with Crippen LogP contribution in [0.25, 0.3) is 0 Å². The summed E-state index contributed by atoms with van der Waals surface area (Å²) < 4.78 is 10.8. The lowest BCUT2D eigenvalue weighted by Crippen LogP contribution is -2.31. The van der Waals surface area contributed by atoms with Gasteiger partial charge < -0.3 is 14.8 Å². The Hall–Kier alpha value is -1.55. The highest BCUT2D eigenvalue weighted by Gasteiger charge is 2.31. The zero-order valence-corrected chi connectivity index (χ0v) is 12.4. The monoisotopic (exact) mass is 277 g/mol. The number of para-hydroxylation sites is 1. The van der Waals surface area contributed by atoms with Gasteiger partial charge in [0.1, 0.15) is 17.9 Å². The highest BCUT2D eigenvalue weighted by Crippen LogP contribution is 2.30. The van der Waals surface area contributed by atoms with Gasteiger partial charge in [-0.25, -0.2) is 0 Å². The molecule has 1 aromatic rings. The first kappa shape index (κ1) is 14.9. The van der Waals surface area contributed by atoms with Crippen LogP contribution in [0, 0.1) is 0 Å². The second kappa shape index (κ2) is 6.75. The lowest BCUT2D eigenvalue weighted by molar-refractivity contribution is -0.142. The van der Waals surface area contributed by atoms with Crippen LogP contribution >= 0.6 is 0 Å². The Bertz CT molecular complexity index is 461. The molecule has 3 unspecified atom stereocenters. The fourth-order valence-electron chi connectivity index (χ4n) is 2.51. The molecule has 1 saturated heterocycles. The smallest absolute Gasteiger partial charge is 0.323 e. The van der Waals surface area contributed by atoms with Gasteiger partial charge in [-0.05, 0) is 24.0 Å². The molecule has 1 fully saturated rings. The minimum atomic E-state index is -0.249. The molecule has 20 heavy (non-hydrogen) atoms. The summed E-state index contributed by atoms with van der Waals surface area (Å²) in [5.41, 5.74) is 1.23. The molecule has 0 radical (unpaired) electrons. The number of nitrogens with one attached hydrogen (secondary N) is 1. The number of benzene rings is 1. The van der Waals surface area contributed by atoms with Crippen molar-refractivity contribution in [2.45, 2.75) is 44.8 Å². The van der Waals surface area contributed by atoms with Crippen molar-refractivity contribution in [3.05, 3.63) is 29.8 Å². The van der Waals surface area contributed by atoms with Crippen molar-refractivity contribution in [3.63, 3.8) is 0 Å². The average molecular weight is 277 g/mol. The molecule has 0 saturated carbocycles. The van der Waals surface area contributed by atoms with Crippen LogP contribution in [0.4, 0.5) is 0 Å². The van der Waals surface area contributed by atoms with E-state index >= 15 is 0 Å². The molecule has 0 amide bonds. The maximum atomic E-state index is 11.5. The van der Waals surface area contributed by atoms with E-state index in [-0.39, 0.29) is 18.1 Å². The Labute approximate surface area is 120 Å². The summed E-state index contributed by atoms with van der Waals surface area (Å²) in [4.78, 5) is 11.5. The van der Waals surface area contributed by atoms with E-state index in [4.69, 9.17) is 9.47 Å². The second-order valence-corrected chi connectivity index (χ2v) is 5.31. The SMILES string of the molecule is CCC(C)c1ccccc1OC1CNC(C(=O)OC)C1. The lowest BCUT2D eigenvalue weighted by atomic mass is 9.98. The minimum absolute atomic E-state index is 0.0179. The quantitative estimate of drug-likeness (QED) is 0.840. The van der Waals surface area contributed by atoms with Gasteiger partial charge in [0.25, 0.3) is 0 Å². The first-order valence-electron chi connectivity index (χ1n) is 7.22. The largest absolute Gasteiger partial charge is 0.489 e. The lowest BCUT2D eigenvalue weighted by Gasteiger charge is -2.19. The summed E-state index contributed by atoms with van der Waals surface area (Å²) in [6.07, 6.45) is 1.75. The Morgan fingerprint density at radius 1 is 1.45 bits per heavy atom. The summed E-state index contributed by atoms with van der Waals surface area (Å²) in [5.74, 6) is 1.18. The van der Waals surface area contributed by atoms with Crippen molar-refractivity contribution >= 4 is 5.97 Å². The summed E-state index contributed by atoms with van der Waals surface area (Å²) in [7, 11) is 1.41. The first-order chi connectivity index (χ1) is 9.65. The van der Waals surface area contributed by atoms with Gasteiger partial charge in [0.15, 0.2) is 0 Å². The van der Waals surface area contributed by atoms with E-state index in [9.17, 15) is 4.79 Å². The van der Waals surface area contributed by atoms with Gasteiger partial charge in [0.2, 0.25) is 0 Å². The standard InChI is InChI=1S/C16H23NO3/c1-4-11(2)13-7-5-6-8-15(13)20-12-9-14(17-10-12)16(18)19-3/h5-8,11-12,14,17H,4,9-10H2,1-3H3. The van der Waals surface area contributed by atoms with E-state index < -0.39 is 0 Å². The fourth-order valence-corrected chi connectivity index (χ4v) is 2.51. The van der Waals surface area contributed by atoms with Gasteiger partial charge in [-0.2, -0.15) is 0 Å². The van der Waals surface area contributed by atoms with E-state index in [0.717, 1.165) is 12.2 Å². The number of hydrogen-bond donors (Lipinski definition) is 1. The van der Waals surface area contributed by atoms with Crippen LogP contribution in [0.5, 0.6) is 5.75 Å². The summed E-state index contributed by atoms with van der Waals surface area (Å²) in [6, 6.07) is 7.90. The molecule has 0 spiro atoms. The van der Waals surface area contributed by atoms with Gasteiger partial charge >= 0.3 is 5.97 Å². The van der Waals surface area contributed by atoms with Crippen molar-refractivity contribution < 1.29 is 14.3 Å². The molecular formula is C16H23NO3. The van der Waals surface area contributed by atoms with E-state index in [1.54, 1.807) is 0 Å². The number of ether oxygens (including phenoxy) is 2. The van der Waals surface area contributed by atoms with Gasteiger partial charge in [-0.3, -0.25) is 4.79 Å². The molecule has 0 bridgehead atoms. The van der Waals surface area contributed by atoms with E-state index in [1.165, 1.54) is 12.7 Å². The molecule has 2 rings (SSSR count). The number of rotatable bonds is 5. The van der Waals surface area contributed by atoms with Gasteiger partial charge in [-0.1, -0.05) is 32.0 Å². The molecule has 4 nitrogen and oxygen atoms in total. The van der Waals surface area contributed by atoms with E-state index in [1.807, 2.05) is 18.2 Å². The number of hydrogen-bond acceptors (Lipinski definition) is 4. The van der Waals surface area contributed by atoms with Gasteiger partial charge in [-0.15, -0.1) is 0 Å². The second-order valence-electron chi connectivity index (χ2n) is 5.31. The fraction of sp³-hybridized carbons (Fsp3) is 0.562. The third-order valence-electron chi connectivity index (χ3n) is 3.93. The van der Waals surface area contributed by atoms with Gasteiger partial charge in [0.05, 0.1) is 7.11 Å². The van der Waals surface area contributed by atoms with Crippen molar-refractivity contribution in [1.29, 1.82) is 0 Å². The molecule has 1 aromatic carbocycles. The molecule has 0 aromatic heterocycles. The van der Waals surface area contributed by atoms with Crippen molar-refractivity contribution in [1.82, 2.24) is 5.32 Å². The number of carbonyl (C=O) groups excluding carboxylic acids is 1. The predicted octanol–water partition coefficient (Wildman–Crippen LogP) is 2.48. The maximum absolute atomic E-state index is 11.5. The number of carbonyl (C=O) groups is 1. The minimum Gasteiger partial charge on any atom is -0.489 e. The number of methoxy groups -OCH3 is 1. The number of esters is 1. The molecule has 0 aliphatic carbocycles. The Morgan fingerprint density at radius 2 is 2.20 bits per heavy atom. The Balaban J connectivity index is 2.03. The van der Waals surface area contributed by atoms with Crippen molar-refractivity contribution in [3.8, 4) is 5.75 Å². The molecular weight excluding hydrogens is 254 g/mol. The molecule has 1 aliphatic heterocycles. The molecule has 1 heterocycles. The zero-order chi connectivity index (χ0) is 14.5. The molecule has 1 aliphatic rings. The maximum Gasteiger partial charge on any atom is 0.323 e. The van der Waals surface area contributed by atoms with Crippen LogP contribution in [0.15, 0.2) is 24.3 Å². The van der Waals surface area contributed by atoms with Gasteiger partial charge in [0, 0.05) is 13.0 Å². The van der Waals surface area contributed by atoms with E-state index in [2.05, 4.69) is 25.2 Å². The molecule has 4 heteroatoms. The van der Waals surface area contributed by atoms with Crippen LogP contribution in [0.1, 0.15) is 38.2 Å². The predicted molar refractivity (Wildman–Crippen MR) is 78.0 cm³/mol. The first-order valence-corrected chi connectivity index (χ1v) is 7.22. The average Bonchev–Trinajstić information content (AvgIpc) is 2.94.